The zero-order chi connectivity index (χ0) is 18.5. The number of carbonyl (C=O) groups excluding carboxylic acids is 1. The average Bonchev–Trinajstić information content (AvgIpc) is 3.28. The molecule has 1 aliphatic heterocycles. The highest BCUT2D eigenvalue weighted by Crippen LogP contribution is 2.43. The lowest BCUT2D eigenvalue weighted by molar-refractivity contribution is -0.00737. The molecule has 1 aromatic carbocycles. The van der Waals surface area contributed by atoms with Gasteiger partial charge in [-0.25, -0.2) is 4.79 Å². The fourth-order valence-electron chi connectivity index (χ4n) is 3.64. The highest BCUT2D eigenvalue weighted by atomic mass is 35.5. The van der Waals surface area contributed by atoms with Gasteiger partial charge in [0.2, 0.25) is 0 Å². The second-order valence-electron chi connectivity index (χ2n) is 6.76. The lowest BCUT2D eigenvalue weighted by Gasteiger charge is -2.22. The first-order chi connectivity index (χ1) is 12.4. The Balaban J connectivity index is 1.68. The van der Waals surface area contributed by atoms with Gasteiger partial charge >= 0.3 is 5.97 Å². The highest BCUT2D eigenvalue weighted by Gasteiger charge is 2.39. The van der Waals surface area contributed by atoms with Gasteiger partial charge in [-0.2, -0.15) is 0 Å². The molecule has 0 N–H and O–H groups in total. The molecule has 2 aliphatic rings. The first-order valence-corrected chi connectivity index (χ1v) is 9.93. The third-order valence-corrected chi connectivity index (χ3v) is 6.68. The van der Waals surface area contributed by atoms with Crippen molar-refractivity contribution in [1.82, 2.24) is 0 Å². The van der Waals surface area contributed by atoms with E-state index in [9.17, 15) is 4.79 Å². The minimum atomic E-state index is -0.634. The third kappa shape index (κ3) is 2.92. The molecule has 0 amide bonds. The molecule has 1 unspecified atom stereocenters. The van der Waals surface area contributed by atoms with Crippen LogP contribution in [0.5, 0.6) is 0 Å². The van der Waals surface area contributed by atoms with E-state index in [-0.39, 0.29) is 5.97 Å². The number of methoxy groups -OCH3 is 1. The summed E-state index contributed by atoms with van der Waals surface area (Å²) in [6, 6.07) is 5.40. The van der Waals surface area contributed by atoms with E-state index < -0.39 is 5.60 Å². The average molecular weight is 410 g/mol. The lowest BCUT2D eigenvalue weighted by atomic mass is 9.90. The predicted octanol–water partition coefficient (Wildman–Crippen LogP) is 5.37. The molecule has 2 heterocycles. The van der Waals surface area contributed by atoms with Crippen molar-refractivity contribution in [2.75, 3.05) is 7.11 Å². The normalized spacial score (nSPS) is 21.3. The maximum Gasteiger partial charge on any atom is 0.348 e. The Morgan fingerprint density at radius 1 is 1.23 bits per heavy atom. The molecule has 0 bridgehead atoms. The molecule has 26 heavy (non-hydrogen) atoms. The van der Waals surface area contributed by atoms with Crippen LogP contribution in [0.4, 0.5) is 0 Å². The summed E-state index contributed by atoms with van der Waals surface area (Å²) in [6.45, 7) is 1.97. The van der Waals surface area contributed by atoms with E-state index in [4.69, 9.17) is 32.8 Å². The van der Waals surface area contributed by atoms with Gasteiger partial charge in [0.25, 0.3) is 0 Å². The van der Waals surface area contributed by atoms with Gasteiger partial charge in [0.1, 0.15) is 10.6 Å². The predicted molar refractivity (Wildman–Crippen MR) is 104 cm³/mol. The molecule has 0 saturated carbocycles. The molecular weight excluding hydrogens is 393 g/mol. The summed E-state index contributed by atoms with van der Waals surface area (Å²) in [5, 5.41) is 5.49. The van der Waals surface area contributed by atoms with Gasteiger partial charge in [0.15, 0.2) is 5.60 Å². The van der Waals surface area contributed by atoms with Gasteiger partial charge in [-0.3, -0.25) is 0 Å². The van der Waals surface area contributed by atoms with Gasteiger partial charge in [-0.1, -0.05) is 28.4 Å². The van der Waals surface area contributed by atoms with E-state index in [0.29, 0.717) is 21.3 Å². The summed E-state index contributed by atoms with van der Waals surface area (Å²) < 4.78 is 4.95. The molecule has 4 rings (SSSR count). The molecule has 0 radical (unpaired) electrons. The standard InChI is InChI=1S/C19H17Cl2NO3S/c1-19(10-6-11(20)8-12(21)7-10)9-15(22-25-19)16-13-4-3-5-14(13)17(26-16)18(23)24-2/h6-8H,3-5,9H2,1-2H3. The van der Waals surface area contributed by atoms with Gasteiger partial charge in [0.05, 0.1) is 12.0 Å². The Labute approximate surface area is 165 Å². The van der Waals surface area contributed by atoms with Gasteiger partial charge in [-0.15, -0.1) is 11.3 Å². The van der Waals surface area contributed by atoms with Crippen LogP contribution in [0.1, 0.15) is 51.0 Å². The number of hydrogen-bond acceptors (Lipinski definition) is 5. The second kappa shape index (κ2) is 6.55. The number of carbonyl (C=O) groups is 1. The van der Waals surface area contributed by atoms with Crippen LogP contribution >= 0.6 is 34.5 Å². The molecule has 2 aromatic rings. The first-order valence-electron chi connectivity index (χ1n) is 8.36. The lowest BCUT2D eigenvalue weighted by Crippen LogP contribution is -2.22. The Morgan fingerprint density at radius 2 is 1.92 bits per heavy atom. The number of nitrogens with zero attached hydrogens (tertiary/aromatic N) is 1. The molecule has 1 atom stereocenters. The number of fused-ring (bicyclic) bond motifs is 1. The zero-order valence-corrected chi connectivity index (χ0v) is 16.7. The van der Waals surface area contributed by atoms with Crippen molar-refractivity contribution in [1.29, 1.82) is 0 Å². The molecular formula is C19H17Cl2NO3S. The Hall–Kier alpha value is -1.56. The number of esters is 1. The SMILES string of the molecule is COC(=O)c1sc(C2=NOC(C)(c3cc(Cl)cc(Cl)c3)C2)c2c1CCC2. The van der Waals surface area contributed by atoms with Crippen molar-refractivity contribution >= 4 is 46.2 Å². The van der Waals surface area contributed by atoms with Crippen LogP contribution in [0, 0.1) is 0 Å². The minimum absolute atomic E-state index is 0.275. The van der Waals surface area contributed by atoms with E-state index in [1.165, 1.54) is 24.0 Å². The van der Waals surface area contributed by atoms with E-state index in [2.05, 4.69) is 5.16 Å². The number of hydrogen-bond donors (Lipinski definition) is 0. The van der Waals surface area contributed by atoms with E-state index >= 15 is 0 Å². The second-order valence-corrected chi connectivity index (χ2v) is 8.65. The number of benzene rings is 1. The van der Waals surface area contributed by atoms with Gasteiger partial charge in [0, 0.05) is 22.0 Å². The van der Waals surface area contributed by atoms with E-state index in [1.807, 2.05) is 19.1 Å². The number of thiophene rings is 1. The molecule has 0 saturated heterocycles. The molecule has 4 nitrogen and oxygen atoms in total. The first kappa shape index (κ1) is 17.8. The van der Waals surface area contributed by atoms with Crippen molar-refractivity contribution in [3.05, 3.63) is 54.7 Å². The number of ether oxygens (including phenoxy) is 1. The summed E-state index contributed by atoms with van der Waals surface area (Å²) in [4.78, 5) is 19.7. The van der Waals surface area contributed by atoms with Crippen molar-refractivity contribution in [2.45, 2.75) is 38.2 Å². The third-order valence-electron chi connectivity index (χ3n) is 4.94. The molecule has 0 spiro atoms. The van der Waals surface area contributed by atoms with Crippen molar-refractivity contribution < 1.29 is 14.4 Å². The number of rotatable bonds is 3. The Morgan fingerprint density at radius 3 is 2.62 bits per heavy atom. The van der Waals surface area contributed by atoms with E-state index in [0.717, 1.165) is 41.0 Å². The molecule has 1 aliphatic carbocycles. The maximum atomic E-state index is 12.1. The highest BCUT2D eigenvalue weighted by molar-refractivity contribution is 7.16. The number of oxime groups is 1. The quantitative estimate of drug-likeness (QED) is 0.640. The minimum Gasteiger partial charge on any atom is -0.465 e. The van der Waals surface area contributed by atoms with Crippen LogP contribution in [0.3, 0.4) is 0 Å². The largest absolute Gasteiger partial charge is 0.465 e. The van der Waals surface area contributed by atoms with Crippen LogP contribution in [-0.2, 0) is 28.0 Å². The zero-order valence-electron chi connectivity index (χ0n) is 14.4. The summed E-state index contributed by atoms with van der Waals surface area (Å²) >= 11 is 13.8. The van der Waals surface area contributed by atoms with Crippen molar-refractivity contribution in [3.63, 3.8) is 0 Å². The Bertz CT molecular complexity index is 917. The molecule has 1 aromatic heterocycles. The van der Waals surface area contributed by atoms with Crippen molar-refractivity contribution in [2.24, 2.45) is 5.16 Å². The number of halogens is 2. The summed E-state index contributed by atoms with van der Waals surface area (Å²) in [5.74, 6) is -0.275. The molecule has 7 heteroatoms. The Kier molecular flexibility index (Phi) is 4.49. The summed E-state index contributed by atoms with van der Waals surface area (Å²) in [5.41, 5.74) is 3.44. The van der Waals surface area contributed by atoms with Gasteiger partial charge < -0.3 is 9.57 Å². The molecule has 136 valence electrons. The topological polar surface area (TPSA) is 47.9 Å². The van der Waals surface area contributed by atoms with Crippen LogP contribution < -0.4 is 0 Å². The van der Waals surface area contributed by atoms with Crippen LogP contribution in [-0.4, -0.2) is 18.8 Å². The van der Waals surface area contributed by atoms with Crippen LogP contribution in [0.15, 0.2) is 23.4 Å². The van der Waals surface area contributed by atoms with E-state index in [1.54, 1.807) is 6.07 Å². The monoisotopic (exact) mass is 409 g/mol. The summed E-state index contributed by atoms with van der Waals surface area (Å²) in [7, 11) is 1.42. The van der Waals surface area contributed by atoms with Crippen LogP contribution in [0.2, 0.25) is 10.0 Å². The summed E-state index contributed by atoms with van der Waals surface area (Å²) in [6.07, 6.45) is 3.50. The molecule has 0 fully saturated rings. The smallest absolute Gasteiger partial charge is 0.348 e. The van der Waals surface area contributed by atoms with Crippen molar-refractivity contribution in [3.8, 4) is 0 Å². The fourth-order valence-corrected chi connectivity index (χ4v) is 5.46. The maximum absolute atomic E-state index is 12.1. The fraction of sp³-hybridized carbons (Fsp3) is 0.368. The van der Waals surface area contributed by atoms with Crippen LogP contribution in [0.25, 0.3) is 0 Å². The van der Waals surface area contributed by atoms with Gasteiger partial charge in [-0.05, 0) is 55.5 Å².